The van der Waals surface area contributed by atoms with Gasteiger partial charge in [-0.2, -0.15) is 10.2 Å². The molecule has 5 nitrogen and oxygen atoms in total. The first kappa shape index (κ1) is 9.71. The van der Waals surface area contributed by atoms with Crippen LogP contribution in [0.1, 0.15) is 18.4 Å². The lowest BCUT2D eigenvalue weighted by Crippen LogP contribution is -2.22. The molecule has 1 saturated carbocycles. The van der Waals surface area contributed by atoms with Crippen LogP contribution in [0, 0.1) is 17.2 Å². The van der Waals surface area contributed by atoms with E-state index in [0.717, 1.165) is 12.5 Å². The van der Waals surface area contributed by atoms with Crippen molar-refractivity contribution in [1.29, 1.82) is 5.26 Å². The Balaban J connectivity index is 2.23. The van der Waals surface area contributed by atoms with Gasteiger partial charge in [0.15, 0.2) is 5.82 Å². The molecule has 0 aliphatic heterocycles. The molecule has 1 heterocycles. The van der Waals surface area contributed by atoms with E-state index in [-0.39, 0.29) is 5.95 Å². The van der Waals surface area contributed by atoms with Crippen molar-refractivity contribution in [2.24, 2.45) is 5.92 Å². The summed E-state index contributed by atoms with van der Waals surface area (Å²) in [5.74, 6) is 1.60. The Morgan fingerprint density at radius 3 is 3.00 bits per heavy atom. The SMILES string of the molecule is CN(CC1CC1)c1nc(N)ncc1C#N. The van der Waals surface area contributed by atoms with E-state index in [1.165, 1.54) is 19.0 Å². The largest absolute Gasteiger partial charge is 0.368 e. The Bertz CT molecular complexity index is 405. The average Bonchev–Trinajstić information content (AvgIpc) is 3.01. The fourth-order valence-electron chi connectivity index (χ4n) is 1.53. The number of nitrogens with two attached hydrogens (primary N) is 1. The summed E-state index contributed by atoms with van der Waals surface area (Å²) in [7, 11) is 1.93. The summed E-state index contributed by atoms with van der Waals surface area (Å²) in [6.45, 7) is 0.936. The van der Waals surface area contributed by atoms with Gasteiger partial charge in [0, 0.05) is 13.6 Å². The summed E-state index contributed by atoms with van der Waals surface area (Å²) in [4.78, 5) is 9.88. The molecule has 0 spiro atoms. The standard InChI is InChI=1S/C10H13N5/c1-15(6-7-2-3-7)9-8(4-11)5-13-10(12)14-9/h5,7H,2-3,6H2,1H3,(H2,12,13,14). The normalized spacial score (nSPS) is 14.7. The topological polar surface area (TPSA) is 78.8 Å². The summed E-state index contributed by atoms with van der Waals surface area (Å²) in [5, 5.41) is 8.91. The van der Waals surface area contributed by atoms with E-state index in [9.17, 15) is 0 Å². The predicted octanol–water partition coefficient (Wildman–Crippen LogP) is 0.777. The van der Waals surface area contributed by atoms with Crippen LogP contribution in [0.2, 0.25) is 0 Å². The van der Waals surface area contributed by atoms with Crippen molar-refractivity contribution in [2.45, 2.75) is 12.8 Å². The number of rotatable bonds is 3. The number of nitrogens with zero attached hydrogens (tertiary/aromatic N) is 4. The molecule has 0 radical (unpaired) electrons. The van der Waals surface area contributed by atoms with Crippen LogP contribution in [0.5, 0.6) is 0 Å². The summed E-state index contributed by atoms with van der Waals surface area (Å²) in [6, 6.07) is 2.08. The van der Waals surface area contributed by atoms with Crippen LogP contribution >= 0.6 is 0 Å². The third-order valence-electron chi connectivity index (χ3n) is 2.50. The van der Waals surface area contributed by atoms with Gasteiger partial charge in [0.2, 0.25) is 5.95 Å². The first-order chi connectivity index (χ1) is 7.20. The molecule has 2 rings (SSSR count). The van der Waals surface area contributed by atoms with E-state index in [4.69, 9.17) is 11.0 Å². The van der Waals surface area contributed by atoms with Crippen LogP contribution < -0.4 is 10.6 Å². The zero-order chi connectivity index (χ0) is 10.8. The number of aromatic nitrogens is 2. The van der Waals surface area contributed by atoms with Gasteiger partial charge in [-0.15, -0.1) is 0 Å². The Kier molecular flexibility index (Phi) is 2.42. The quantitative estimate of drug-likeness (QED) is 0.785. The van der Waals surface area contributed by atoms with Crippen LogP contribution in [-0.2, 0) is 0 Å². The second-order valence-electron chi connectivity index (χ2n) is 3.90. The van der Waals surface area contributed by atoms with Crippen molar-refractivity contribution in [3.63, 3.8) is 0 Å². The molecule has 5 heteroatoms. The minimum Gasteiger partial charge on any atom is -0.368 e. The Morgan fingerprint density at radius 1 is 1.67 bits per heavy atom. The van der Waals surface area contributed by atoms with Crippen LogP contribution in [0.4, 0.5) is 11.8 Å². The third-order valence-corrected chi connectivity index (χ3v) is 2.50. The molecule has 1 aromatic rings. The number of hydrogen-bond acceptors (Lipinski definition) is 5. The van der Waals surface area contributed by atoms with Crippen molar-refractivity contribution in [1.82, 2.24) is 9.97 Å². The van der Waals surface area contributed by atoms with Gasteiger partial charge >= 0.3 is 0 Å². The highest BCUT2D eigenvalue weighted by Crippen LogP contribution is 2.31. The van der Waals surface area contributed by atoms with Gasteiger partial charge in [0.1, 0.15) is 11.6 Å². The van der Waals surface area contributed by atoms with E-state index in [2.05, 4.69) is 16.0 Å². The summed E-state index contributed by atoms with van der Waals surface area (Å²) in [5.41, 5.74) is 5.99. The first-order valence-corrected chi connectivity index (χ1v) is 4.94. The van der Waals surface area contributed by atoms with Crippen LogP contribution in [0.15, 0.2) is 6.20 Å². The summed E-state index contributed by atoms with van der Waals surface area (Å²) >= 11 is 0. The van der Waals surface area contributed by atoms with Gasteiger partial charge in [0.05, 0.1) is 6.20 Å². The number of anilines is 2. The Morgan fingerprint density at radius 2 is 2.40 bits per heavy atom. The van der Waals surface area contributed by atoms with E-state index in [0.29, 0.717) is 11.4 Å². The summed E-state index contributed by atoms with van der Waals surface area (Å²) < 4.78 is 0. The minimum absolute atomic E-state index is 0.214. The molecule has 0 atom stereocenters. The second-order valence-corrected chi connectivity index (χ2v) is 3.90. The third kappa shape index (κ3) is 2.15. The smallest absolute Gasteiger partial charge is 0.222 e. The zero-order valence-corrected chi connectivity index (χ0v) is 8.64. The van der Waals surface area contributed by atoms with Crippen LogP contribution in [0.25, 0.3) is 0 Å². The van der Waals surface area contributed by atoms with Gasteiger partial charge in [-0.3, -0.25) is 0 Å². The highest BCUT2D eigenvalue weighted by atomic mass is 15.2. The maximum absolute atomic E-state index is 8.91. The molecule has 0 saturated heterocycles. The van der Waals surface area contributed by atoms with Crippen molar-refractivity contribution in [3.8, 4) is 6.07 Å². The maximum Gasteiger partial charge on any atom is 0.222 e. The van der Waals surface area contributed by atoms with Gasteiger partial charge in [-0.1, -0.05) is 0 Å². The van der Waals surface area contributed by atoms with Crippen molar-refractivity contribution >= 4 is 11.8 Å². The lowest BCUT2D eigenvalue weighted by molar-refractivity contribution is 0.775. The molecule has 2 N–H and O–H groups in total. The van der Waals surface area contributed by atoms with Crippen molar-refractivity contribution < 1.29 is 0 Å². The van der Waals surface area contributed by atoms with Crippen LogP contribution in [0.3, 0.4) is 0 Å². The lowest BCUT2D eigenvalue weighted by atomic mass is 10.3. The molecule has 78 valence electrons. The van der Waals surface area contributed by atoms with Crippen molar-refractivity contribution in [3.05, 3.63) is 11.8 Å². The molecular formula is C10H13N5. The van der Waals surface area contributed by atoms with Gasteiger partial charge < -0.3 is 10.6 Å². The minimum atomic E-state index is 0.214. The van der Waals surface area contributed by atoms with E-state index < -0.39 is 0 Å². The molecule has 1 fully saturated rings. The number of nitriles is 1. The Labute approximate surface area is 88.5 Å². The van der Waals surface area contributed by atoms with Gasteiger partial charge in [-0.25, -0.2) is 4.98 Å². The van der Waals surface area contributed by atoms with Crippen molar-refractivity contribution in [2.75, 3.05) is 24.2 Å². The van der Waals surface area contributed by atoms with Gasteiger partial charge in [-0.05, 0) is 18.8 Å². The molecule has 0 aromatic carbocycles. The maximum atomic E-state index is 8.91. The van der Waals surface area contributed by atoms with E-state index >= 15 is 0 Å². The molecule has 0 unspecified atom stereocenters. The highest BCUT2D eigenvalue weighted by Gasteiger charge is 2.24. The zero-order valence-electron chi connectivity index (χ0n) is 8.64. The first-order valence-electron chi connectivity index (χ1n) is 4.94. The molecular weight excluding hydrogens is 190 g/mol. The molecule has 1 aromatic heterocycles. The molecule has 1 aliphatic rings. The molecule has 1 aliphatic carbocycles. The van der Waals surface area contributed by atoms with Gasteiger partial charge in [0.25, 0.3) is 0 Å². The average molecular weight is 203 g/mol. The summed E-state index contributed by atoms with van der Waals surface area (Å²) in [6.07, 6.45) is 4.01. The lowest BCUT2D eigenvalue weighted by Gasteiger charge is -2.18. The fraction of sp³-hybridized carbons (Fsp3) is 0.500. The molecule has 15 heavy (non-hydrogen) atoms. The predicted molar refractivity (Wildman–Crippen MR) is 57.2 cm³/mol. The Hall–Kier alpha value is -1.83. The molecule has 0 amide bonds. The monoisotopic (exact) mass is 203 g/mol. The fourth-order valence-corrected chi connectivity index (χ4v) is 1.53. The number of nitrogen functional groups attached to an aromatic ring is 1. The number of hydrogen-bond donors (Lipinski definition) is 1. The molecule has 0 bridgehead atoms. The second kappa shape index (κ2) is 3.73. The van der Waals surface area contributed by atoms with E-state index in [1.807, 2.05) is 11.9 Å². The highest BCUT2D eigenvalue weighted by molar-refractivity contribution is 5.54. The van der Waals surface area contributed by atoms with E-state index in [1.54, 1.807) is 0 Å². The van der Waals surface area contributed by atoms with Crippen LogP contribution in [-0.4, -0.2) is 23.6 Å².